The quantitative estimate of drug-likeness (QED) is 0.274. The van der Waals surface area contributed by atoms with Crippen molar-refractivity contribution in [2.24, 2.45) is 0 Å². The molecule has 4 aromatic rings. The average Bonchev–Trinajstić information content (AvgIpc) is 2.90. The molecule has 1 amide bonds. The Morgan fingerprint density at radius 3 is 2.47 bits per heavy atom. The first kappa shape index (κ1) is 23.3. The lowest BCUT2D eigenvalue weighted by atomic mass is 10.0. The number of hydrogen-bond donors (Lipinski definition) is 3. The van der Waals surface area contributed by atoms with Crippen LogP contribution in [0.5, 0.6) is 5.75 Å². The number of benzene rings is 3. The Balaban J connectivity index is 1.42. The molecule has 1 aliphatic rings. The van der Waals surface area contributed by atoms with E-state index in [4.69, 9.17) is 4.98 Å². The van der Waals surface area contributed by atoms with E-state index in [9.17, 15) is 9.90 Å². The molecule has 0 saturated carbocycles. The lowest BCUT2D eigenvalue weighted by molar-refractivity contribution is -0.111. The second-order valence-corrected chi connectivity index (χ2v) is 8.79. The van der Waals surface area contributed by atoms with Crippen LogP contribution in [-0.4, -0.2) is 59.1 Å². The summed E-state index contributed by atoms with van der Waals surface area (Å²) in [5.74, 6) is 0.0264. The number of amides is 1. The van der Waals surface area contributed by atoms with E-state index in [-0.39, 0.29) is 5.75 Å². The van der Waals surface area contributed by atoms with Gasteiger partial charge in [0.15, 0.2) is 0 Å². The number of likely N-dealkylation sites (N-methyl/N-ethyl adjacent to an activating group) is 1. The van der Waals surface area contributed by atoms with Crippen LogP contribution in [0.1, 0.15) is 0 Å². The molecule has 3 N–H and O–H groups in total. The third-order valence-electron chi connectivity index (χ3n) is 6.37. The van der Waals surface area contributed by atoms with Crippen molar-refractivity contribution in [2.75, 3.05) is 48.8 Å². The molecular weight excluding hydrogens is 452 g/mol. The minimum atomic E-state index is -0.396. The summed E-state index contributed by atoms with van der Waals surface area (Å²) in [6.07, 6.45) is 2.92. The minimum absolute atomic E-state index is 0.0344. The number of anilines is 4. The van der Waals surface area contributed by atoms with Crippen molar-refractivity contribution >= 4 is 39.8 Å². The molecule has 0 atom stereocenters. The van der Waals surface area contributed by atoms with Gasteiger partial charge in [0.25, 0.3) is 0 Å². The lowest BCUT2D eigenvalue weighted by Crippen LogP contribution is -2.44. The fraction of sp³-hybridized carbons (Fsp3) is 0.179. The second-order valence-electron chi connectivity index (χ2n) is 8.79. The van der Waals surface area contributed by atoms with Gasteiger partial charge in [-0.2, -0.15) is 0 Å². The zero-order valence-electron chi connectivity index (χ0n) is 20.1. The zero-order valence-corrected chi connectivity index (χ0v) is 20.1. The minimum Gasteiger partial charge on any atom is -0.505 e. The Labute approximate surface area is 209 Å². The van der Waals surface area contributed by atoms with Gasteiger partial charge in [0.1, 0.15) is 5.75 Å². The molecule has 8 nitrogen and oxygen atoms in total. The molecule has 1 aliphatic heterocycles. The van der Waals surface area contributed by atoms with E-state index in [0.29, 0.717) is 22.7 Å². The Kier molecular flexibility index (Phi) is 6.51. The zero-order chi connectivity index (χ0) is 25.1. The molecular formula is C28H28N6O2. The fourth-order valence-corrected chi connectivity index (χ4v) is 4.33. The molecule has 0 spiro atoms. The maximum atomic E-state index is 11.8. The van der Waals surface area contributed by atoms with E-state index in [2.05, 4.69) is 51.2 Å². The highest BCUT2D eigenvalue weighted by molar-refractivity contribution is 6.02. The van der Waals surface area contributed by atoms with Gasteiger partial charge >= 0.3 is 0 Å². The van der Waals surface area contributed by atoms with Gasteiger partial charge in [-0.05, 0) is 43.5 Å². The van der Waals surface area contributed by atoms with Crippen LogP contribution in [0, 0.1) is 0 Å². The summed E-state index contributed by atoms with van der Waals surface area (Å²) in [6.45, 7) is 7.62. The van der Waals surface area contributed by atoms with Crippen LogP contribution in [0.3, 0.4) is 0 Å². The summed E-state index contributed by atoms with van der Waals surface area (Å²) in [5, 5.41) is 17.6. The number of para-hydroxylation sites is 2. The van der Waals surface area contributed by atoms with Gasteiger partial charge in [-0.25, -0.2) is 9.97 Å². The number of carbonyl (C=O) groups is 1. The van der Waals surface area contributed by atoms with Crippen molar-refractivity contribution in [1.29, 1.82) is 0 Å². The third-order valence-corrected chi connectivity index (χ3v) is 6.37. The maximum Gasteiger partial charge on any atom is 0.247 e. The molecule has 8 heteroatoms. The highest BCUT2D eigenvalue weighted by Crippen LogP contribution is 2.38. The molecule has 1 saturated heterocycles. The van der Waals surface area contributed by atoms with Crippen molar-refractivity contribution in [3.63, 3.8) is 0 Å². The van der Waals surface area contributed by atoms with E-state index in [1.54, 1.807) is 24.4 Å². The van der Waals surface area contributed by atoms with E-state index in [0.717, 1.165) is 48.9 Å². The van der Waals surface area contributed by atoms with Crippen molar-refractivity contribution in [3.05, 3.63) is 79.5 Å². The van der Waals surface area contributed by atoms with Crippen LogP contribution in [0.2, 0.25) is 0 Å². The van der Waals surface area contributed by atoms with Gasteiger partial charge in [-0.1, -0.05) is 36.9 Å². The first-order valence-electron chi connectivity index (χ1n) is 11.8. The van der Waals surface area contributed by atoms with Crippen molar-refractivity contribution < 1.29 is 9.90 Å². The largest absolute Gasteiger partial charge is 0.505 e. The van der Waals surface area contributed by atoms with Crippen LogP contribution in [-0.2, 0) is 4.79 Å². The van der Waals surface area contributed by atoms with Crippen molar-refractivity contribution in [1.82, 2.24) is 14.9 Å². The number of phenols is 1. The summed E-state index contributed by atoms with van der Waals surface area (Å²) >= 11 is 0. The first-order chi connectivity index (χ1) is 17.5. The third kappa shape index (κ3) is 4.85. The Morgan fingerprint density at radius 2 is 1.72 bits per heavy atom. The number of nitrogens with one attached hydrogen (secondary N) is 2. The van der Waals surface area contributed by atoms with Crippen LogP contribution in [0.4, 0.5) is 23.0 Å². The number of phenolic OH excluding ortho intramolecular Hbond substituents is 1. The summed E-state index contributed by atoms with van der Waals surface area (Å²) in [5.41, 5.74) is 4.38. The summed E-state index contributed by atoms with van der Waals surface area (Å²) < 4.78 is 0. The number of rotatable bonds is 6. The molecule has 182 valence electrons. The van der Waals surface area contributed by atoms with Crippen LogP contribution in [0.15, 0.2) is 79.5 Å². The molecule has 0 unspecified atom stereocenters. The molecule has 5 rings (SSSR count). The molecule has 3 aromatic carbocycles. The fourth-order valence-electron chi connectivity index (χ4n) is 4.33. The highest BCUT2D eigenvalue weighted by Gasteiger charge is 2.16. The number of aromatic nitrogens is 2. The molecule has 2 heterocycles. The van der Waals surface area contributed by atoms with Gasteiger partial charge in [0.2, 0.25) is 11.9 Å². The van der Waals surface area contributed by atoms with Gasteiger partial charge in [-0.3, -0.25) is 4.79 Å². The Bertz CT molecular complexity index is 1410. The number of fused-ring (bicyclic) bond motifs is 1. The van der Waals surface area contributed by atoms with Crippen molar-refractivity contribution in [2.45, 2.75) is 0 Å². The van der Waals surface area contributed by atoms with Crippen LogP contribution in [0.25, 0.3) is 22.0 Å². The molecule has 1 fully saturated rings. The predicted octanol–water partition coefficient (Wildman–Crippen LogP) is 4.62. The van der Waals surface area contributed by atoms with E-state index < -0.39 is 5.91 Å². The van der Waals surface area contributed by atoms with Gasteiger partial charge in [0.05, 0.1) is 11.2 Å². The van der Waals surface area contributed by atoms with Gasteiger partial charge < -0.3 is 25.5 Å². The smallest absolute Gasteiger partial charge is 0.247 e. The summed E-state index contributed by atoms with van der Waals surface area (Å²) in [4.78, 5) is 25.7. The van der Waals surface area contributed by atoms with Crippen LogP contribution >= 0.6 is 0 Å². The predicted molar refractivity (Wildman–Crippen MR) is 145 cm³/mol. The van der Waals surface area contributed by atoms with Gasteiger partial charge in [-0.15, -0.1) is 0 Å². The topological polar surface area (TPSA) is 93.6 Å². The maximum absolute atomic E-state index is 11.8. The lowest BCUT2D eigenvalue weighted by Gasteiger charge is -2.34. The average molecular weight is 481 g/mol. The van der Waals surface area contributed by atoms with Crippen LogP contribution < -0.4 is 15.5 Å². The highest BCUT2D eigenvalue weighted by atomic mass is 16.3. The monoisotopic (exact) mass is 480 g/mol. The molecule has 0 bridgehead atoms. The summed E-state index contributed by atoms with van der Waals surface area (Å²) in [7, 11) is 2.15. The SMILES string of the molecule is C=CC(=O)Nc1cccc(-c2cccc3cnc(Nc4ccc(N5CCN(C)CC5)cc4)nc23)c1O. The normalized spacial score (nSPS) is 14.0. The number of aromatic hydroxyl groups is 1. The van der Waals surface area contributed by atoms with Crippen molar-refractivity contribution in [3.8, 4) is 16.9 Å². The van der Waals surface area contributed by atoms with Gasteiger partial charge in [0, 0.05) is 60.3 Å². The Hall–Kier alpha value is -4.43. The number of carbonyl (C=O) groups excluding carboxylic acids is 1. The number of piperazine rings is 1. The van der Waals surface area contributed by atoms with E-state index in [1.165, 1.54) is 5.69 Å². The standard InChI is InChI=1S/C28H28N6O2/c1-3-25(35)31-24-9-5-8-23(27(24)36)22-7-4-6-19-18-29-28(32-26(19)22)30-20-10-12-21(13-11-20)34-16-14-33(2)15-17-34/h3-13,18,36H,1,14-17H2,2H3,(H,31,35)(H,29,30,32). The number of hydrogen-bond acceptors (Lipinski definition) is 7. The van der Waals surface area contributed by atoms with E-state index >= 15 is 0 Å². The molecule has 1 aromatic heterocycles. The second kappa shape index (κ2) is 10.1. The first-order valence-corrected chi connectivity index (χ1v) is 11.8. The molecule has 0 aliphatic carbocycles. The summed E-state index contributed by atoms with van der Waals surface area (Å²) in [6, 6.07) is 19.2. The molecule has 36 heavy (non-hydrogen) atoms. The molecule has 0 radical (unpaired) electrons. The number of nitrogens with zero attached hydrogens (tertiary/aromatic N) is 4. The Morgan fingerprint density at radius 1 is 1.00 bits per heavy atom. The van der Waals surface area contributed by atoms with E-state index in [1.807, 2.05) is 30.3 Å².